The van der Waals surface area contributed by atoms with Crippen LogP contribution in [0.1, 0.15) is 24.4 Å². The van der Waals surface area contributed by atoms with E-state index in [9.17, 15) is 18.0 Å². The molecule has 0 saturated carbocycles. The van der Waals surface area contributed by atoms with Gasteiger partial charge in [-0.2, -0.15) is 13.2 Å². The van der Waals surface area contributed by atoms with Crippen molar-refractivity contribution in [2.24, 2.45) is 0 Å². The zero-order chi connectivity index (χ0) is 12.3. The third kappa shape index (κ3) is 3.29. The van der Waals surface area contributed by atoms with Crippen molar-refractivity contribution in [3.63, 3.8) is 0 Å². The van der Waals surface area contributed by atoms with E-state index in [-0.39, 0.29) is 17.7 Å². The van der Waals surface area contributed by atoms with Gasteiger partial charge in [-0.1, -0.05) is 0 Å². The van der Waals surface area contributed by atoms with Crippen molar-refractivity contribution >= 4 is 12.2 Å². The molecule has 1 aromatic heterocycles. The first-order valence-corrected chi connectivity index (χ1v) is 4.72. The molecule has 0 unspecified atom stereocenters. The van der Waals surface area contributed by atoms with Crippen LogP contribution in [-0.4, -0.2) is 25.0 Å². The predicted molar refractivity (Wildman–Crippen MR) is 52.6 cm³/mol. The Kier molecular flexibility index (Phi) is 3.62. The van der Waals surface area contributed by atoms with Gasteiger partial charge in [0.25, 0.3) is 0 Å². The highest BCUT2D eigenvalue weighted by Crippen LogP contribution is 2.25. The monoisotopic (exact) mass is 235 g/mol. The Labute approximate surface area is 90.8 Å². The molecule has 0 aliphatic rings. The SMILES string of the molecule is CC(C)N(CC(F)(F)F)c1ccc(C=O)o1. The summed E-state index contributed by atoms with van der Waals surface area (Å²) >= 11 is 0. The topological polar surface area (TPSA) is 33.5 Å². The Morgan fingerprint density at radius 3 is 2.44 bits per heavy atom. The highest BCUT2D eigenvalue weighted by atomic mass is 19.4. The lowest BCUT2D eigenvalue weighted by atomic mass is 10.3. The van der Waals surface area contributed by atoms with Crippen LogP contribution >= 0.6 is 0 Å². The van der Waals surface area contributed by atoms with Crippen LogP contribution in [0.2, 0.25) is 0 Å². The lowest BCUT2D eigenvalue weighted by Crippen LogP contribution is -2.38. The lowest BCUT2D eigenvalue weighted by Gasteiger charge is -2.27. The number of carbonyl (C=O) groups excluding carboxylic acids is 1. The fourth-order valence-corrected chi connectivity index (χ4v) is 1.27. The fourth-order valence-electron chi connectivity index (χ4n) is 1.27. The third-order valence-electron chi connectivity index (χ3n) is 1.98. The Morgan fingerprint density at radius 1 is 1.44 bits per heavy atom. The standard InChI is InChI=1S/C10H12F3NO2/c1-7(2)14(6-10(11,12)13)9-4-3-8(5-15)16-9/h3-5,7H,6H2,1-2H3. The van der Waals surface area contributed by atoms with Crippen molar-refractivity contribution in [2.75, 3.05) is 11.4 Å². The first-order chi connectivity index (χ1) is 7.33. The molecular formula is C10H12F3NO2. The lowest BCUT2D eigenvalue weighted by molar-refractivity contribution is -0.120. The molecule has 0 fully saturated rings. The predicted octanol–water partition coefficient (Wildman–Crippen LogP) is 2.87. The minimum Gasteiger partial charge on any atom is -0.438 e. The Morgan fingerprint density at radius 2 is 2.06 bits per heavy atom. The number of carbonyl (C=O) groups is 1. The molecule has 0 amide bonds. The number of furan rings is 1. The van der Waals surface area contributed by atoms with Crippen LogP contribution in [0.25, 0.3) is 0 Å². The molecule has 0 atom stereocenters. The summed E-state index contributed by atoms with van der Waals surface area (Å²) < 4.78 is 41.8. The van der Waals surface area contributed by atoms with Crippen LogP contribution in [0.3, 0.4) is 0 Å². The van der Waals surface area contributed by atoms with Gasteiger partial charge >= 0.3 is 6.18 Å². The smallest absolute Gasteiger partial charge is 0.406 e. The molecule has 90 valence electrons. The highest BCUT2D eigenvalue weighted by Gasteiger charge is 2.33. The molecule has 0 aliphatic heterocycles. The van der Waals surface area contributed by atoms with Gasteiger partial charge in [-0.3, -0.25) is 4.79 Å². The molecular weight excluding hydrogens is 223 g/mol. The van der Waals surface area contributed by atoms with Crippen LogP contribution in [0.5, 0.6) is 0 Å². The molecule has 0 N–H and O–H groups in total. The van der Waals surface area contributed by atoms with Gasteiger partial charge in [0.2, 0.25) is 0 Å². The molecule has 0 aliphatic carbocycles. The van der Waals surface area contributed by atoms with Crippen LogP contribution in [0.4, 0.5) is 19.1 Å². The first-order valence-electron chi connectivity index (χ1n) is 4.72. The van der Waals surface area contributed by atoms with Gasteiger partial charge < -0.3 is 9.32 Å². The van der Waals surface area contributed by atoms with Crippen molar-refractivity contribution < 1.29 is 22.4 Å². The van der Waals surface area contributed by atoms with E-state index in [1.807, 2.05) is 0 Å². The van der Waals surface area contributed by atoms with Gasteiger partial charge in [0.1, 0.15) is 6.54 Å². The van der Waals surface area contributed by atoms with Gasteiger partial charge in [0.15, 0.2) is 17.9 Å². The Balaban J connectivity index is 2.89. The second-order valence-electron chi connectivity index (χ2n) is 3.63. The van der Waals surface area contributed by atoms with Gasteiger partial charge in [-0.25, -0.2) is 0 Å². The zero-order valence-electron chi connectivity index (χ0n) is 8.91. The van der Waals surface area contributed by atoms with Crippen LogP contribution in [0.15, 0.2) is 16.5 Å². The summed E-state index contributed by atoms with van der Waals surface area (Å²) in [5.41, 5.74) is 0. The van der Waals surface area contributed by atoms with Crippen LogP contribution in [0, 0.1) is 0 Å². The summed E-state index contributed by atoms with van der Waals surface area (Å²) in [4.78, 5) is 11.4. The quantitative estimate of drug-likeness (QED) is 0.752. The molecule has 16 heavy (non-hydrogen) atoms. The van der Waals surface area contributed by atoms with E-state index in [0.29, 0.717) is 6.29 Å². The van der Waals surface area contributed by atoms with Gasteiger partial charge in [-0.15, -0.1) is 0 Å². The highest BCUT2D eigenvalue weighted by molar-refractivity contribution is 5.71. The van der Waals surface area contributed by atoms with Gasteiger partial charge in [0, 0.05) is 12.1 Å². The summed E-state index contributed by atoms with van der Waals surface area (Å²) in [6.07, 6.45) is -3.85. The number of anilines is 1. The number of hydrogen-bond donors (Lipinski definition) is 0. The zero-order valence-corrected chi connectivity index (χ0v) is 8.91. The van der Waals surface area contributed by atoms with E-state index in [1.54, 1.807) is 13.8 Å². The number of nitrogens with zero attached hydrogens (tertiary/aromatic N) is 1. The van der Waals surface area contributed by atoms with Crippen molar-refractivity contribution in [2.45, 2.75) is 26.1 Å². The summed E-state index contributed by atoms with van der Waals surface area (Å²) in [6, 6.07) is 2.33. The summed E-state index contributed by atoms with van der Waals surface area (Å²) in [7, 11) is 0. The molecule has 0 saturated heterocycles. The third-order valence-corrected chi connectivity index (χ3v) is 1.98. The van der Waals surface area contributed by atoms with E-state index in [1.165, 1.54) is 12.1 Å². The minimum absolute atomic E-state index is 0.0165. The van der Waals surface area contributed by atoms with Crippen molar-refractivity contribution in [3.8, 4) is 0 Å². The molecule has 0 spiro atoms. The fraction of sp³-hybridized carbons (Fsp3) is 0.500. The van der Waals surface area contributed by atoms with Gasteiger partial charge in [0.05, 0.1) is 0 Å². The molecule has 1 rings (SSSR count). The molecule has 3 nitrogen and oxygen atoms in total. The maximum atomic E-state index is 12.3. The Bertz CT molecular complexity index is 357. The molecule has 0 bridgehead atoms. The van der Waals surface area contributed by atoms with Crippen LogP contribution < -0.4 is 4.90 Å². The average Bonchev–Trinajstić information content (AvgIpc) is 2.60. The second kappa shape index (κ2) is 4.59. The Hall–Kier alpha value is -1.46. The normalized spacial score (nSPS) is 11.9. The first kappa shape index (κ1) is 12.6. The molecule has 6 heteroatoms. The summed E-state index contributed by atoms with van der Waals surface area (Å²) in [5, 5.41) is 0. The van der Waals surface area contributed by atoms with Gasteiger partial charge in [-0.05, 0) is 19.9 Å². The summed E-state index contributed by atoms with van der Waals surface area (Å²) in [6.45, 7) is 2.14. The number of alkyl halides is 3. The van der Waals surface area contributed by atoms with E-state index in [2.05, 4.69) is 0 Å². The molecule has 0 aromatic carbocycles. The number of aldehydes is 1. The number of hydrogen-bond acceptors (Lipinski definition) is 3. The van der Waals surface area contributed by atoms with E-state index < -0.39 is 12.7 Å². The minimum atomic E-state index is -4.31. The molecule has 1 aromatic rings. The maximum absolute atomic E-state index is 12.3. The van der Waals surface area contributed by atoms with E-state index in [0.717, 1.165) is 4.90 Å². The number of halogens is 3. The number of rotatable bonds is 4. The molecule has 1 heterocycles. The maximum Gasteiger partial charge on any atom is 0.406 e. The molecule has 0 radical (unpaired) electrons. The van der Waals surface area contributed by atoms with Crippen LogP contribution in [-0.2, 0) is 0 Å². The van der Waals surface area contributed by atoms with E-state index >= 15 is 0 Å². The van der Waals surface area contributed by atoms with Crippen molar-refractivity contribution in [3.05, 3.63) is 17.9 Å². The average molecular weight is 235 g/mol. The van der Waals surface area contributed by atoms with Crippen molar-refractivity contribution in [1.82, 2.24) is 0 Å². The largest absolute Gasteiger partial charge is 0.438 e. The summed E-state index contributed by atoms with van der Waals surface area (Å²) in [5.74, 6) is 0.0669. The van der Waals surface area contributed by atoms with Crippen molar-refractivity contribution in [1.29, 1.82) is 0 Å². The second-order valence-corrected chi connectivity index (χ2v) is 3.63. The van der Waals surface area contributed by atoms with E-state index in [4.69, 9.17) is 4.42 Å².